The molecule has 1 aliphatic rings. The van der Waals surface area contributed by atoms with Crippen LogP contribution in [0.5, 0.6) is 0 Å². The molecule has 1 saturated heterocycles. The van der Waals surface area contributed by atoms with E-state index in [0.717, 1.165) is 17.8 Å². The Hall–Kier alpha value is -2.92. The highest BCUT2D eigenvalue weighted by molar-refractivity contribution is 8.18. The third-order valence-electron chi connectivity index (χ3n) is 2.60. The Kier molecular flexibility index (Phi) is 5.28. The highest BCUT2D eigenvalue weighted by Crippen LogP contribution is 2.23. The van der Waals surface area contributed by atoms with Crippen molar-refractivity contribution in [1.29, 1.82) is 0 Å². The van der Waals surface area contributed by atoms with Crippen LogP contribution >= 0.6 is 11.8 Å². The van der Waals surface area contributed by atoms with E-state index in [-0.39, 0.29) is 15.6 Å². The minimum absolute atomic E-state index is 0.119. The number of methoxy groups -OCH3 is 1. The number of hydrogen-bond donors (Lipinski definition) is 1. The van der Waals surface area contributed by atoms with Gasteiger partial charge in [0.2, 0.25) is 0 Å². The number of rotatable bonds is 3. The van der Waals surface area contributed by atoms with Gasteiger partial charge in [0.1, 0.15) is 5.82 Å². The molecule has 116 valence electrons. The van der Waals surface area contributed by atoms with E-state index in [1.54, 1.807) is 0 Å². The molecule has 1 aliphatic heterocycles. The molecule has 0 unspecified atom stereocenters. The number of benzene rings is 1. The van der Waals surface area contributed by atoms with Crippen LogP contribution in [0.4, 0.5) is 4.39 Å². The maximum absolute atomic E-state index is 13.2. The third-order valence-corrected chi connectivity index (χ3v) is 3.50. The first kappa shape index (κ1) is 16.5. The lowest BCUT2D eigenvalue weighted by Gasteiger charge is -1.96. The summed E-state index contributed by atoms with van der Waals surface area (Å²) in [7, 11) is 1.21. The summed E-state index contributed by atoms with van der Waals surface area (Å²) in [6, 6.07) is 4.16. The molecule has 1 amide bonds. The molecule has 1 aromatic carbocycles. The van der Waals surface area contributed by atoms with E-state index in [4.69, 9.17) is 6.42 Å². The number of nitrogens with one attached hydrogen (secondary N) is 1. The first-order valence-electron chi connectivity index (χ1n) is 6.19. The second-order valence-corrected chi connectivity index (χ2v) is 5.15. The number of thioether (sulfide) groups is 1. The van der Waals surface area contributed by atoms with Crippen LogP contribution in [0.1, 0.15) is 11.1 Å². The molecule has 0 radical (unpaired) electrons. The molecule has 0 saturated carbocycles. The standard InChI is InChI=1S/C15H10FN3O3S/c1-3-10-6-9(4-5-11(10)16)8-17-19-15-18-14(21)12(23-15)7-13(20)22-2/h1,4-8H,2H3,(H,18,19,21)/b12-7+,17-8?. The zero-order valence-corrected chi connectivity index (χ0v) is 12.7. The first-order chi connectivity index (χ1) is 11.0. The van der Waals surface area contributed by atoms with Crippen molar-refractivity contribution in [2.75, 3.05) is 7.11 Å². The Labute approximate surface area is 135 Å². The van der Waals surface area contributed by atoms with Gasteiger partial charge in [-0.2, -0.15) is 5.10 Å². The van der Waals surface area contributed by atoms with Crippen LogP contribution in [0.3, 0.4) is 0 Å². The maximum Gasteiger partial charge on any atom is 0.331 e. The van der Waals surface area contributed by atoms with Crippen molar-refractivity contribution in [2.45, 2.75) is 0 Å². The van der Waals surface area contributed by atoms with Gasteiger partial charge in [-0.25, -0.2) is 9.18 Å². The predicted octanol–water partition coefficient (Wildman–Crippen LogP) is 1.42. The van der Waals surface area contributed by atoms with Crippen molar-refractivity contribution >= 4 is 35.0 Å². The first-order valence-corrected chi connectivity index (χ1v) is 7.01. The fraction of sp³-hybridized carbons (Fsp3) is 0.0667. The SMILES string of the molecule is C#Cc1cc(C=N/N=C2/NC(=O)/C(=C\C(=O)OC)S2)ccc1F. The van der Waals surface area contributed by atoms with Crippen LogP contribution in [0.15, 0.2) is 39.4 Å². The molecule has 1 heterocycles. The lowest BCUT2D eigenvalue weighted by Crippen LogP contribution is -2.19. The number of esters is 1. The van der Waals surface area contributed by atoms with E-state index in [1.807, 2.05) is 0 Å². The molecule has 23 heavy (non-hydrogen) atoms. The number of carbonyl (C=O) groups is 2. The second-order valence-electron chi connectivity index (χ2n) is 4.12. The number of terminal acetylenes is 1. The summed E-state index contributed by atoms with van der Waals surface area (Å²) in [5.74, 6) is 0.619. The molecule has 1 fully saturated rings. The molecule has 0 aliphatic carbocycles. The van der Waals surface area contributed by atoms with Crippen molar-refractivity contribution in [3.8, 4) is 12.3 Å². The Morgan fingerprint density at radius 2 is 2.30 bits per heavy atom. The number of amides is 1. The molecule has 0 bridgehead atoms. The molecule has 1 aromatic rings. The number of hydrogen-bond acceptors (Lipinski definition) is 6. The molecule has 0 aromatic heterocycles. The van der Waals surface area contributed by atoms with Crippen molar-refractivity contribution in [3.05, 3.63) is 46.1 Å². The third kappa shape index (κ3) is 4.28. The van der Waals surface area contributed by atoms with Crippen LogP contribution in [0.25, 0.3) is 0 Å². The van der Waals surface area contributed by atoms with E-state index in [2.05, 4.69) is 26.2 Å². The smallest absolute Gasteiger partial charge is 0.331 e. The lowest BCUT2D eigenvalue weighted by molar-refractivity contribution is -0.135. The number of carbonyl (C=O) groups excluding carboxylic acids is 2. The van der Waals surface area contributed by atoms with Gasteiger partial charge in [0.15, 0.2) is 5.17 Å². The van der Waals surface area contributed by atoms with Gasteiger partial charge in [-0.1, -0.05) is 12.0 Å². The molecular weight excluding hydrogens is 321 g/mol. The Balaban J connectivity index is 2.10. The average Bonchev–Trinajstić information content (AvgIpc) is 2.88. The highest BCUT2D eigenvalue weighted by Gasteiger charge is 2.24. The van der Waals surface area contributed by atoms with E-state index >= 15 is 0 Å². The van der Waals surface area contributed by atoms with Gasteiger partial charge in [-0.15, -0.1) is 11.5 Å². The van der Waals surface area contributed by atoms with Crippen molar-refractivity contribution in [3.63, 3.8) is 0 Å². The van der Waals surface area contributed by atoms with Gasteiger partial charge in [0, 0.05) is 6.08 Å². The average molecular weight is 331 g/mol. The van der Waals surface area contributed by atoms with E-state index in [9.17, 15) is 14.0 Å². The van der Waals surface area contributed by atoms with Crippen LogP contribution < -0.4 is 5.32 Å². The minimum Gasteiger partial charge on any atom is -0.466 e. The predicted molar refractivity (Wildman–Crippen MR) is 85.2 cm³/mol. The maximum atomic E-state index is 13.2. The monoisotopic (exact) mass is 331 g/mol. The van der Waals surface area contributed by atoms with E-state index in [0.29, 0.717) is 5.56 Å². The Morgan fingerprint density at radius 3 is 3.00 bits per heavy atom. The van der Waals surface area contributed by atoms with Crippen molar-refractivity contribution in [1.82, 2.24) is 5.32 Å². The van der Waals surface area contributed by atoms with Gasteiger partial charge >= 0.3 is 5.97 Å². The molecular formula is C15H10FN3O3S. The highest BCUT2D eigenvalue weighted by atomic mass is 32.2. The van der Waals surface area contributed by atoms with Crippen LogP contribution in [0.2, 0.25) is 0 Å². The van der Waals surface area contributed by atoms with Gasteiger partial charge in [-0.3, -0.25) is 10.1 Å². The van der Waals surface area contributed by atoms with Gasteiger partial charge in [0.25, 0.3) is 5.91 Å². The van der Waals surface area contributed by atoms with Gasteiger partial charge in [-0.05, 0) is 29.5 Å². The number of nitrogens with zero attached hydrogens (tertiary/aromatic N) is 2. The molecule has 0 atom stereocenters. The second kappa shape index (κ2) is 7.38. The molecule has 6 nitrogen and oxygen atoms in total. The van der Waals surface area contributed by atoms with Crippen LogP contribution in [-0.4, -0.2) is 30.4 Å². The summed E-state index contributed by atoms with van der Waals surface area (Å²) in [5.41, 5.74) is 0.678. The molecule has 8 heteroatoms. The number of halogens is 1. The summed E-state index contributed by atoms with van der Waals surface area (Å²) < 4.78 is 17.7. The van der Waals surface area contributed by atoms with Crippen LogP contribution in [0, 0.1) is 18.2 Å². The molecule has 2 rings (SSSR count). The molecule has 0 spiro atoms. The Bertz CT molecular complexity index is 794. The van der Waals surface area contributed by atoms with E-state index in [1.165, 1.54) is 31.5 Å². The summed E-state index contributed by atoms with van der Waals surface area (Å²) in [6.45, 7) is 0. The number of ether oxygens (including phenoxy) is 1. The Morgan fingerprint density at radius 1 is 1.52 bits per heavy atom. The normalized spacial score (nSPS) is 17.5. The van der Waals surface area contributed by atoms with Crippen molar-refractivity contribution < 1.29 is 18.7 Å². The summed E-state index contributed by atoms with van der Waals surface area (Å²) in [5, 5.41) is 10.3. The topological polar surface area (TPSA) is 80.1 Å². The van der Waals surface area contributed by atoms with Gasteiger partial charge in [0.05, 0.1) is 23.8 Å². The summed E-state index contributed by atoms with van der Waals surface area (Å²) >= 11 is 0.951. The minimum atomic E-state index is -0.638. The number of amidine groups is 1. The van der Waals surface area contributed by atoms with Gasteiger partial charge < -0.3 is 4.74 Å². The molecule has 1 N–H and O–H groups in total. The quantitative estimate of drug-likeness (QED) is 0.299. The fourth-order valence-electron chi connectivity index (χ4n) is 1.52. The lowest BCUT2D eigenvalue weighted by atomic mass is 10.1. The van der Waals surface area contributed by atoms with Crippen molar-refractivity contribution in [2.24, 2.45) is 10.2 Å². The van der Waals surface area contributed by atoms with Crippen LogP contribution in [-0.2, 0) is 14.3 Å². The zero-order chi connectivity index (χ0) is 16.8. The zero-order valence-electron chi connectivity index (χ0n) is 11.9. The fourth-order valence-corrected chi connectivity index (χ4v) is 2.26. The summed E-state index contributed by atoms with van der Waals surface area (Å²) in [4.78, 5) is 22.8. The van der Waals surface area contributed by atoms with E-state index < -0.39 is 17.7 Å². The largest absolute Gasteiger partial charge is 0.466 e. The summed E-state index contributed by atoms with van der Waals surface area (Å²) in [6.07, 6.45) is 7.60.